The van der Waals surface area contributed by atoms with Crippen LogP contribution < -0.4 is 16.4 Å². The molecule has 3 heteroatoms. The second kappa shape index (κ2) is 4.98. The van der Waals surface area contributed by atoms with Crippen LogP contribution >= 0.6 is 0 Å². The highest BCUT2D eigenvalue weighted by Crippen LogP contribution is 2.19. The van der Waals surface area contributed by atoms with Crippen LogP contribution in [0.5, 0.6) is 0 Å². The topological polar surface area (TPSA) is 55.3 Å². The van der Waals surface area contributed by atoms with Gasteiger partial charge in [-0.25, -0.2) is 0 Å². The summed E-state index contributed by atoms with van der Waals surface area (Å²) in [5, 5.41) is 0. The third-order valence-electron chi connectivity index (χ3n) is 2.29. The van der Waals surface area contributed by atoms with Crippen molar-refractivity contribution in [2.24, 2.45) is 11.5 Å². The molecule has 78 valence electrons. The maximum absolute atomic E-state index is 5.98. The Bertz CT molecular complexity index is 284. The zero-order valence-electron chi connectivity index (χ0n) is 8.90. The van der Waals surface area contributed by atoms with Gasteiger partial charge in [0, 0.05) is 25.8 Å². The summed E-state index contributed by atoms with van der Waals surface area (Å²) in [6.07, 6.45) is 0.830. The average molecular weight is 193 g/mol. The molecule has 0 heterocycles. The van der Waals surface area contributed by atoms with Gasteiger partial charge in [0.2, 0.25) is 0 Å². The smallest absolute Gasteiger partial charge is 0.0364 e. The second-order valence-corrected chi connectivity index (χ2v) is 3.67. The van der Waals surface area contributed by atoms with Crippen molar-refractivity contribution in [2.75, 3.05) is 25.5 Å². The van der Waals surface area contributed by atoms with Crippen LogP contribution in [0, 0.1) is 0 Å². The standard InChI is InChI=1S/C11H19N3/c1-14(2)10-5-3-4-9(8-10)11(13)6-7-12/h3-5,8,11H,6-7,12-13H2,1-2H3. The molecule has 0 spiro atoms. The van der Waals surface area contributed by atoms with Crippen LogP contribution in [0.15, 0.2) is 24.3 Å². The molecule has 0 amide bonds. The zero-order valence-corrected chi connectivity index (χ0v) is 8.90. The lowest BCUT2D eigenvalue weighted by Crippen LogP contribution is -2.16. The maximum atomic E-state index is 5.98. The highest BCUT2D eigenvalue weighted by Gasteiger charge is 2.05. The molecule has 1 aromatic rings. The number of nitrogens with zero attached hydrogens (tertiary/aromatic N) is 1. The van der Waals surface area contributed by atoms with Gasteiger partial charge in [0.1, 0.15) is 0 Å². The van der Waals surface area contributed by atoms with E-state index in [0.717, 1.165) is 12.0 Å². The van der Waals surface area contributed by atoms with Gasteiger partial charge in [-0.05, 0) is 30.7 Å². The highest BCUT2D eigenvalue weighted by atomic mass is 15.1. The van der Waals surface area contributed by atoms with Gasteiger partial charge in [-0.1, -0.05) is 12.1 Å². The lowest BCUT2D eigenvalue weighted by molar-refractivity contribution is 0.661. The van der Waals surface area contributed by atoms with E-state index in [1.54, 1.807) is 0 Å². The lowest BCUT2D eigenvalue weighted by atomic mass is 10.0. The van der Waals surface area contributed by atoms with Gasteiger partial charge in [0.05, 0.1) is 0 Å². The molecule has 4 N–H and O–H groups in total. The molecule has 1 rings (SSSR count). The van der Waals surface area contributed by atoms with Crippen molar-refractivity contribution in [1.29, 1.82) is 0 Å². The molecule has 1 atom stereocenters. The first-order valence-corrected chi connectivity index (χ1v) is 4.88. The van der Waals surface area contributed by atoms with Crippen molar-refractivity contribution in [2.45, 2.75) is 12.5 Å². The minimum absolute atomic E-state index is 0.0555. The highest BCUT2D eigenvalue weighted by molar-refractivity contribution is 5.47. The molecule has 0 aliphatic heterocycles. The minimum Gasteiger partial charge on any atom is -0.378 e. The number of benzene rings is 1. The molecule has 0 radical (unpaired) electrons. The van der Waals surface area contributed by atoms with E-state index in [4.69, 9.17) is 11.5 Å². The monoisotopic (exact) mass is 193 g/mol. The number of hydrogen-bond donors (Lipinski definition) is 2. The Morgan fingerprint density at radius 2 is 2.07 bits per heavy atom. The van der Waals surface area contributed by atoms with Crippen LogP contribution in [0.3, 0.4) is 0 Å². The Kier molecular flexibility index (Phi) is 3.92. The minimum atomic E-state index is 0.0555. The lowest BCUT2D eigenvalue weighted by Gasteiger charge is -2.16. The fraction of sp³-hybridized carbons (Fsp3) is 0.455. The number of hydrogen-bond acceptors (Lipinski definition) is 3. The predicted octanol–water partition coefficient (Wildman–Crippen LogP) is 1.10. The van der Waals surface area contributed by atoms with Crippen LogP contribution in [-0.4, -0.2) is 20.6 Å². The van der Waals surface area contributed by atoms with Crippen molar-refractivity contribution in [1.82, 2.24) is 0 Å². The maximum Gasteiger partial charge on any atom is 0.0364 e. The summed E-state index contributed by atoms with van der Waals surface area (Å²) < 4.78 is 0. The van der Waals surface area contributed by atoms with Gasteiger partial charge in [-0.3, -0.25) is 0 Å². The van der Waals surface area contributed by atoms with Crippen LogP contribution in [0.1, 0.15) is 18.0 Å². The van der Waals surface area contributed by atoms with Crippen LogP contribution in [0.25, 0.3) is 0 Å². The normalized spacial score (nSPS) is 12.6. The Balaban J connectivity index is 2.82. The summed E-state index contributed by atoms with van der Waals surface area (Å²) in [7, 11) is 4.04. The van der Waals surface area contributed by atoms with Gasteiger partial charge in [0.15, 0.2) is 0 Å². The van der Waals surface area contributed by atoms with Crippen LogP contribution in [-0.2, 0) is 0 Å². The molecular weight excluding hydrogens is 174 g/mol. The number of rotatable bonds is 4. The third kappa shape index (κ3) is 2.72. The fourth-order valence-electron chi connectivity index (χ4n) is 1.38. The van der Waals surface area contributed by atoms with E-state index >= 15 is 0 Å². The van der Waals surface area contributed by atoms with E-state index in [2.05, 4.69) is 17.0 Å². The van der Waals surface area contributed by atoms with Gasteiger partial charge in [-0.15, -0.1) is 0 Å². The SMILES string of the molecule is CN(C)c1cccc(C(N)CCN)c1. The van der Waals surface area contributed by atoms with E-state index in [1.165, 1.54) is 5.69 Å². The number of nitrogens with two attached hydrogens (primary N) is 2. The van der Waals surface area contributed by atoms with E-state index in [1.807, 2.05) is 26.2 Å². The Hall–Kier alpha value is -1.06. The predicted molar refractivity (Wildman–Crippen MR) is 61.4 cm³/mol. The van der Waals surface area contributed by atoms with Crippen LogP contribution in [0.4, 0.5) is 5.69 Å². The molecule has 14 heavy (non-hydrogen) atoms. The van der Waals surface area contributed by atoms with E-state index < -0.39 is 0 Å². The van der Waals surface area contributed by atoms with E-state index in [-0.39, 0.29) is 6.04 Å². The zero-order chi connectivity index (χ0) is 10.6. The molecule has 1 aromatic carbocycles. The van der Waals surface area contributed by atoms with Crippen molar-refractivity contribution in [3.05, 3.63) is 29.8 Å². The molecule has 0 fully saturated rings. The van der Waals surface area contributed by atoms with Gasteiger partial charge < -0.3 is 16.4 Å². The molecule has 0 bridgehead atoms. The van der Waals surface area contributed by atoms with Gasteiger partial charge in [-0.2, -0.15) is 0 Å². The first-order chi connectivity index (χ1) is 6.65. The summed E-state index contributed by atoms with van der Waals surface area (Å²) in [5.74, 6) is 0. The van der Waals surface area contributed by atoms with Gasteiger partial charge in [0.25, 0.3) is 0 Å². The summed E-state index contributed by atoms with van der Waals surface area (Å²) in [4.78, 5) is 2.07. The molecule has 1 unspecified atom stereocenters. The van der Waals surface area contributed by atoms with E-state index in [0.29, 0.717) is 6.54 Å². The largest absolute Gasteiger partial charge is 0.378 e. The number of anilines is 1. The fourth-order valence-corrected chi connectivity index (χ4v) is 1.38. The molecule has 0 saturated carbocycles. The third-order valence-corrected chi connectivity index (χ3v) is 2.29. The summed E-state index contributed by atoms with van der Waals surface area (Å²) in [6.45, 7) is 0.632. The summed E-state index contributed by atoms with van der Waals surface area (Å²) in [6, 6.07) is 8.31. The van der Waals surface area contributed by atoms with Crippen molar-refractivity contribution >= 4 is 5.69 Å². The van der Waals surface area contributed by atoms with Crippen LogP contribution in [0.2, 0.25) is 0 Å². The van der Waals surface area contributed by atoms with Crippen molar-refractivity contribution in [3.8, 4) is 0 Å². The second-order valence-electron chi connectivity index (χ2n) is 3.67. The Morgan fingerprint density at radius 3 is 2.64 bits per heavy atom. The Morgan fingerprint density at radius 1 is 1.36 bits per heavy atom. The first-order valence-electron chi connectivity index (χ1n) is 4.88. The average Bonchev–Trinajstić information content (AvgIpc) is 2.18. The molecule has 3 nitrogen and oxygen atoms in total. The first kappa shape index (κ1) is 11.0. The summed E-state index contributed by atoms with van der Waals surface area (Å²) >= 11 is 0. The quantitative estimate of drug-likeness (QED) is 0.753. The molecule has 0 aliphatic rings. The molecule has 0 aliphatic carbocycles. The van der Waals surface area contributed by atoms with Crippen molar-refractivity contribution in [3.63, 3.8) is 0 Å². The Labute approximate surface area is 85.7 Å². The van der Waals surface area contributed by atoms with Crippen molar-refractivity contribution < 1.29 is 0 Å². The van der Waals surface area contributed by atoms with E-state index in [9.17, 15) is 0 Å². The molecule has 0 saturated heterocycles. The molecular formula is C11H19N3. The molecule has 0 aromatic heterocycles. The summed E-state index contributed by atoms with van der Waals surface area (Å²) in [5.41, 5.74) is 13.8. The van der Waals surface area contributed by atoms with Gasteiger partial charge >= 0.3 is 0 Å².